The molecule has 0 amide bonds. The van der Waals surface area contributed by atoms with Gasteiger partial charge in [0.15, 0.2) is 0 Å². The van der Waals surface area contributed by atoms with E-state index in [1.807, 2.05) is 48.5 Å². The molecule has 0 unspecified atom stereocenters. The number of nitrogens with zero attached hydrogens (tertiary/aromatic N) is 2. The minimum absolute atomic E-state index is 0.470. The van der Waals surface area contributed by atoms with Crippen LogP contribution in [0.3, 0.4) is 0 Å². The molecule has 7 rings (SSSR count). The molecule has 0 heterocycles. The highest BCUT2D eigenvalue weighted by molar-refractivity contribution is 5.77. The Balaban J connectivity index is 0.981. The number of hydrogen-bond acceptors (Lipinski definition) is 4. The van der Waals surface area contributed by atoms with Gasteiger partial charge in [0.05, 0.1) is 0 Å². The van der Waals surface area contributed by atoms with E-state index in [1.54, 1.807) is 0 Å². The molecule has 0 saturated carbocycles. The number of hydrogen-bond donors (Lipinski definition) is 0. The van der Waals surface area contributed by atoms with E-state index < -0.39 is 0 Å². The van der Waals surface area contributed by atoms with Crippen LogP contribution in [0.15, 0.2) is 194 Å². The summed E-state index contributed by atoms with van der Waals surface area (Å²) in [6, 6.07) is 66.5. The van der Waals surface area contributed by atoms with Gasteiger partial charge in [0.25, 0.3) is 0 Å². The van der Waals surface area contributed by atoms with E-state index in [2.05, 4.69) is 155 Å². The van der Waals surface area contributed by atoms with Gasteiger partial charge in [0.1, 0.15) is 24.7 Å². The maximum atomic E-state index is 6.20. The van der Waals surface area contributed by atoms with E-state index in [-0.39, 0.29) is 0 Å². The van der Waals surface area contributed by atoms with Gasteiger partial charge in [-0.15, -0.1) is 0 Å². The number of benzene rings is 7. The van der Waals surface area contributed by atoms with Crippen LogP contribution in [-0.2, 0) is 13.2 Å². The van der Waals surface area contributed by atoms with Crippen LogP contribution in [0.1, 0.15) is 11.1 Å². The SMILES string of the molecule is c1ccc(N(c2ccccc2)c2ccc(OCc3cccc(COc4ccc(N(c5ccccc5)c5ccccc5)cc4)c3)cc2)cc1. The van der Waals surface area contributed by atoms with E-state index in [0.717, 1.165) is 56.8 Å². The molecule has 7 aromatic carbocycles. The molecule has 0 aliphatic carbocycles. The van der Waals surface area contributed by atoms with Gasteiger partial charge in [-0.1, -0.05) is 91.0 Å². The molecule has 0 aliphatic rings. The average molecular weight is 625 g/mol. The fourth-order valence-electron chi connectivity index (χ4n) is 5.73. The second-order valence-corrected chi connectivity index (χ2v) is 11.4. The van der Waals surface area contributed by atoms with Gasteiger partial charge < -0.3 is 19.3 Å². The fraction of sp³-hybridized carbons (Fsp3) is 0.0455. The normalized spacial score (nSPS) is 10.7. The molecule has 0 fully saturated rings. The van der Waals surface area contributed by atoms with Crippen molar-refractivity contribution >= 4 is 34.1 Å². The van der Waals surface area contributed by atoms with Crippen molar-refractivity contribution in [1.82, 2.24) is 0 Å². The predicted octanol–water partition coefficient (Wildman–Crippen LogP) is 11.8. The Morgan fingerprint density at radius 2 is 0.583 bits per heavy atom. The van der Waals surface area contributed by atoms with Crippen molar-refractivity contribution in [3.05, 3.63) is 205 Å². The Hall–Kier alpha value is -6.26. The third-order valence-electron chi connectivity index (χ3n) is 8.05. The van der Waals surface area contributed by atoms with Gasteiger partial charge in [0.2, 0.25) is 0 Å². The number of para-hydroxylation sites is 4. The molecule has 0 aromatic heterocycles. The number of anilines is 6. The van der Waals surface area contributed by atoms with Crippen LogP contribution < -0.4 is 19.3 Å². The Morgan fingerprint density at radius 3 is 0.896 bits per heavy atom. The maximum Gasteiger partial charge on any atom is 0.119 e. The molecule has 4 nitrogen and oxygen atoms in total. The quantitative estimate of drug-likeness (QED) is 0.135. The molecular weight excluding hydrogens is 588 g/mol. The summed E-state index contributed by atoms with van der Waals surface area (Å²) in [6.45, 7) is 0.940. The van der Waals surface area contributed by atoms with Crippen LogP contribution in [0.4, 0.5) is 34.1 Å². The molecule has 48 heavy (non-hydrogen) atoms. The van der Waals surface area contributed by atoms with Crippen LogP contribution in [-0.4, -0.2) is 0 Å². The molecule has 0 N–H and O–H groups in total. The predicted molar refractivity (Wildman–Crippen MR) is 197 cm³/mol. The topological polar surface area (TPSA) is 24.9 Å². The third kappa shape index (κ3) is 7.41. The van der Waals surface area contributed by atoms with Gasteiger partial charge in [-0.05, 0) is 114 Å². The molecule has 0 radical (unpaired) electrons. The molecular formula is C44H36N2O2. The van der Waals surface area contributed by atoms with Crippen molar-refractivity contribution < 1.29 is 9.47 Å². The molecule has 0 spiro atoms. The minimum Gasteiger partial charge on any atom is -0.489 e. The molecule has 7 aromatic rings. The summed E-state index contributed by atoms with van der Waals surface area (Å²) in [7, 11) is 0. The smallest absolute Gasteiger partial charge is 0.119 e. The standard InChI is InChI=1S/C44H36N2O2/c1-5-16-37(17-6-1)45(38-18-7-2-8-19-38)41-24-28-43(29-25-41)47-33-35-14-13-15-36(32-35)34-48-44-30-26-42(27-31-44)46(39-20-9-3-10-21-39)40-22-11-4-12-23-40/h1-32H,33-34H2. The van der Waals surface area contributed by atoms with Crippen LogP contribution in [0.2, 0.25) is 0 Å². The second kappa shape index (κ2) is 14.9. The van der Waals surface area contributed by atoms with E-state index in [9.17, 15) is 0 Å². The minimum atomic E-state index is 0.470. The molecule has 0 atom stereocenters. The highest BCUT2D eigenvalue weighted by Crippen LogP contribution is 2.36. The lowest BCUT2D eigenvalue weighted by molar-refractivity contribution is 0.300. The van der Waals surface area contributed by atoms with Crippen LogP contribution in [0.5, 0.6) is 11.5 Å². The lowest BCUT2D eigenvalue weighted by atomic mass is 10.1. The van der Waals surface area contributed by atoms with Gasteiger partial charge in [0, 0.05) is 34.1 Å². The lowest BCUT2D eigenvalue weighted by Crippen LogP contribution is -2.09. The van der Waals surface area contributed by atoms with Crippen LogP contribution >= 0.6 is 0 Å². The summed E-state index contributed by atoms with van der Waals surface area (Å²) >= 11 is 0. The van der Waals surface area contributed by atoms with E-state index in [4.69, 9.17) is 9.47 Å². The number of ether oxygens (including phenoxy) is 2. The fourth-order valence-corrected chi connectivity index (χ4v) is 5.73. The lowest BCUT2D eigenvalue weighted by Gasteiger charge is -2.25. The summed E-state index contributed by atoms with van der Waals surface area (Å²) < 4.78 is 12.4. The summed E-state index contributed by atoms with van der Waals surface area (Å²) in [5, 5.41) is 0. The van der Waals surface area contributed by atoms with Gasteiger partial charge in [-0.2, -0.15) is 0 Å². The van der Waals surface area contributed by atoms with Gasteiger partial charge >= 0.3 is 0 Å². The van der Waals surface area contributed by atoms with Crippen molar-refractivity contribution in [2.45, 2.75) is 13.2 Å². The first-order valence-electron chi connectivity index (χ1n) is 16.1. The zero-order valence-corrected chi connectivity index (χ0v) is 26.6. The maximum absolute atomic E-state index is 6.20. The molecule has 0 aliphatic heterocycles. The van der Waals surface area contributed by atoms with Gasteiger partial charge in [-0.3, -0.25) is 0 Å². The number of rotatable bonds is 12. The first-order chi connectivity index (χ1) is 23.8. The zero-order chi connectivity index (χ0) is 32.4. The van der Waals surface area contributed by atoms with Crippen molar-refractivity contribution in [2.24, 2.45) is 0 Å². The monoisotopic (exact) mass is 624 g/mol. The Kier molecular flexibility index (Phi) is 9.43. The van der Waals surface area contributed by atoms with Crippen molar-refractivity contribution in [2.75, 3.05) is 9.80 Å². The highest BCUT2D eigenvalue weighted by Gasteiger charge is 2.13. The Bertz CT molecular complexity index is 1770. The largest absolute Gasteiger partial charge is 0.489 e. The summed E-state index contributed by atoms with van der Waals surface area (Å²) in [5.41, 5.74) is 8.74. The third-order valence-corrected chi connectivity index (χ3v) is 8.05. The van der Waals surface area contributed by atoms with Crippen LogP contribution in [0.25, 0.3) is 0 Å². The van der Waals surface area contributed by atoms with E-state index in [1.165, 1.54) is 0 Å². The second-order valence-electron chi connectivity index (χ2n) is 11.4. The summed E-state index contributed by atoms with van der Waals surface area (Å²) in [6.07, 6.45) is 0. The first kappa shape index (κ1) is 30.4. The summed E-state index contributed by atoms with van der Waals surface area (Å²) in [5.74, 6) is 1.64. The van der Waals surface area contributed by atoms with E-state index in [0.29, 0.717) is 13.2 Å². The first-order valence-corrected chi connectivity index (χ1v) is 16.1. The highest BCUT2D eigenvalue weighted by atomic mass is 16.5. The van der Waals surface area contributed by atoms with Crippen molar-refractivity contribution in [1.29, 1.82) is 0 Å². The van der Waals surface area contributed by atoms with Crippen molar-refractivity contribution in [3.63, 3.8) is 0 Å². The van der Waals surface area contributed by atoms with Gasteiger partial charge in [-0.25, -0.2) is 0 Å². The summed E-state index contributed by atoms with van der Waals surface area (Å²) in [4.78, 5) is 4.48. The molecule has 0 saturated heterocycles. The Labute approximate surface area is 282 Å². The van der Waals surface area contributed by atoms with E-state index >= 15 is 0 Å². The van der Waals surface area contributed by atoms with Crippen molar-refractivity contribution in [3.8, 4) is 11.5 Å². The molecule has 0 bridgehead atoms. The average Bonchev–Trinajstić information content (AvgIpc) is 3.16. The zero-order valence-electron chi connectivity index (χ0n) is 26.6. The molecule has 4 heteroatoms. The molecule has 234 valence electrons. The Morgan fingerprint density at radius 1 is 0.292 bits per heavy atom. The van der Waals surface area contributed by atoms with Crippen LogP contribution in [0, 0.1) is 0 Å².